The first-order valence-corrected chi connectivity index (χ1v) is 12.6. The van der Waals surface area contributed by atoms with Crippen LogP contribution in [0.5, 0.6) is 0 Å². The first-order valence-electron chi connectivity index (χ1n) is 12.6. The SMILES string of the molecule is CCC(CC(C)NC(=O)c1cc(F)cc(C#N)c1)N1CC(CN)(n2cc(-c3ncnc4[nH]ccc34)cn2)C1. The fourth-order valence-corrected chi connectivity index (χ4v) is 5.28. The lowest BCUT2D eigenvalue weighted by molar-refractivity contribution is -0.0284. The van der Waals surface area contributed by atoms with Gasteiger partial charge in [-0.25, -0.2) is 14.4 Å². The van der Waals surface area contributed by atoms with Gasteiger partial charge in [-0.3, -0.25) is 14.4 Å². The van der Waals surface area contributed by atoms with E-state index in [-0.39, 0.29) is 28.7 Å². The van der Waals surface area contributed by atoms with E-state index in [1.165, 1.54) is 12.4 Å². The minimum Gasteiger partial charge on any atom is -0.350 e. The van der Waals surface area contributed by atoms with Crippen molar-refractivity contribution in [2.45, 2.75) is 44.3 Å². The first-order chi connectivity index (χ1) is 18.4. The Balaban J connectivity index is 1.23. The average Bonchev–Trinajstić information content (AvgIpc) is 3.57. The molecule has 10 nitrogen and oxygen atoms in total. The van der Waals surface area contributed by atoms with Crippen LogP contribution in [0.2, 0.25) is 0 Å². The van der Waals surface area contributed by atoms with Crippen molar-refractivity contribution in [3.05, 3.63) is 66.1 Å². The van der Waals surface area contributed by atoms with Gasteiger partial charge in [0.2, 0.25) is 0 Å². The number of halogens is 1. The molecule has 38 heavy (non-hydrogen) atoms. The molecular formula is C27H30FN9O. The Morgan fingerprint density at radius 3 is 2.89 bits per heavy atom. The van der Waals surface area contributed by atoms with Gasteiger partial charge in [0.05, 0.1) is 23.5 Å². The molecule has 1 fully saturated rings. The number of nitrogens with zero attached hydrogens (tertiary/aromatic N) is 6. The van der Waals surface area contributed by atoms with Crippen LogP contribution in [-0.4, -0.2) is 67.3 Å². The molecule has 2 atom stereocenters. The number of nitriles is 1. The lowest BCUT2D eigenvalue weighted by Crippen LogP contribution is -2.68. The van der Waals surface area contributed by atoms with Crippen molar-refractivity contribution in [3.8, 4) is 17.3 Å². The van der Waals surface area contributed by atoms with Crippen LogP contribution in [0.4, 0.5) is 4.39 Å². The van der Waals surface area contributed by atoms with Gasteiger partial charge >= 0.3 is 0 Å². The summed E-state index contributed by atoms with van der Waals surface area (Å²) in [6, 6.07) is 7.56. The number of aromatic nitrogens is 5. The molecule has 1 aliphatic heterocycles. The molecule has 1 aromatic carbocycles. The van der Waals surface area contributed by atoms with Crippen LogP contribution >= 0.6 is 0 Å². The predicted octanol–water partition coefficient (Wildman–Crippen LogP) is 2.79. The summed E-state index contributed by atoms with van der Waals surface area (Å²) in [5.41, 5.74) is 8.71. The number of nitrogens with one attached hydrogen (secondary N) is 2. The average molecular weight is 516 g/mol. The largest absolute Gasteiger partial charge is 0.350 e. The number of H-pyrrole nitrogens is 1. The van der Waals surface area contributed by atoms with E-state index in [4.69, 9.17) is 11.0 Å². The van der Waals surface area contributed by atoms with Gasteiger partial charge in [-0.1, -0.05) is 6.92 Å². The van der Waals surface area contributed by atoms with Gasteiger partial charge in [0.25, 0.3) is 5.91 Å². The summed E-state index contributed by atoms with van der Waals surface area (Å²) >= 11 is 0. The van der Waals surface area contributed by atoms with Crippen molar-refractivity contribution in [1.29, 1.82) is 5.26 Å². The van der Waals surface area contributed by atoms with Gasteiger partial charge in [-0.05, 0) is 44.0 Å². The Hall–Kier alpha value is -4.14. The van der Waals surface area contributed by atoms with Gasteiger partial charge in [-0.15, -0.1) is 0 Å². The molecule has 4 heterocycles. The molecule has 0 saturated carbocycles. The molecule has 0 aliphatic carbocycles. The summed E-state index contributed by atoms with van der Waals surface area (Å²) in [7, 11) is 0. The highest BCUT2D eigenvalue weighted by Gasteiger charge is 2.46. The van der Waals surface area contributed by atoms with Crippen LogP contribution in [0.1, 0.15) is 42.6 Å². The Labute approximate surface area is 219 Å². The number of carbonyl (C=O) groups excluding carboxylic acids is 1. The molecule has 0 radical (unpaired) electrons. The predicted molar refractivity (Wildman–Crippen MR) is 140 cm³/mol. The number of likely N-dealkylation sites (tertiary alicyclic amines) is 1. The van der Waals surface area contributed by atoms with Gasteiger partial charge in [-0.2, -0.15) is 10.4 Å². The van der Waals surface area contributed by atoms with E-state index in [9.17, 15) is 9.18 Å². The summed E-state index contributed by atoms with van der Waals surface area (Å²) in [5, 5.41) is 17.6. The maximum absolute atomic E-state index is 13.8. The molecule has 1 aliphatic rings. The van der Waals surface area contributed by atoms with Crippen molar-refractivity contribution >= 4 is 16.9 Å². The van der Waals surface area contributed by atoms with E-state index in [0.29, 0.717) is 6.54 Å². The van der Waals surface area contributed by atoms with Crippen LogP contribution in [0.25, 0.3) is 22.3 Å². The monoisotopic (exact) mass is 515 g/mol. The second-order valence-electron chi connectivity index (χ2n) is 9.98. The molecule has 4 N–H and O–H groups in total. The number of carbonyl (C=O) groups is 1. The molecule has 1 amide bonds. The fourth-order valence-electron chi connectivity index (χ4n) is 5.28. The first kappa shape index (κ1) is 25.5. The molecule has 1 saturated heterocycles. The topological polar surface area (TPSA) is 142 Å². The Kier molecular flexibility index (Phi) is 6.93. The van der Waals surface area contributed by atoms with Gasteiger partial charge in [0.1, 0.15) is 23.3 Å². The van der Waals surface area contributed by atoms with Gasteiger partial charge in [0, 0.05) is 60.6 Å². The normalized spacial score (nSPS) is 16.5. The van der Waals surface area contributed by atoms with E-state index in [1.807, 2.05) is 42.3 Å². The third kappa shape index (κ3) is 4.76. The Bertz CT molecular complexity index is 1500. The van der Waals surface area contributed by atoms with Crippen molar-refractivity contribution in [2.75, 3.05) is 19.6 Å². The van der Waals surface area contributed by atoms with Crippen LogP contribution in [0, 0.1) is 17.1 Å². The van der Waals surface area contributed by atoms with E-state index >= 15 is 0 Å². The summed E-state index contributed by atoms with van der Waals surface area (Å²) in [5.74, 6) is -1.00. The molecule has 0 spiro atoms. The van der Waals surface area contributed by atoms with Crippen LogP contribution in [0.15, 0.2) is 49.2 Å². The van der Waals surface area contributed by atoms with Crippen LogP contribution in [-0.2, 0) is 5.54 Å². The van der Waals surface area contributed by atoms with E-state index in [1.54, 1.807) is 0 Å². The third-order valence-electron chi connectivity index (χ3n) is 7.35. The minimum atomic E-state index is -0.606. The molecular weight excluding hydrogens is 485 g/mol. The third-order valence-corrected chi connectivity index (χ3v) is 7.35. The Morgan fingerprint density at radius 1 is 1.34 bits per heavy atom. The van der Waals surface area contributed by atoms with Crippen molar-refractivity contribution < 1.29 is 9.18 Å². The molecule has 0 bridgehead atoms. The van der Waals surface area contributed by atoms with Crippen molar-refractivity contribution in [3.63, 3.8) is 0 Å². The number of fused-ring (bicyclic) bond motifs is 1. The molecule has 4 aromatic rings. The molecule has 11 heteroatoms. The quantitative estimate of drug-likeness (QED) is 0.311. The fraction of sp³-hybridized carbons (Fsp3) is 0.370. The maximum atomic E-state index is 13.8. The summed E-state index contributed by atoms with van der Waals surface area (Å²) < 4.78 is 15.7. The lowest BCUT2D eigenvalue weighted by atomic mass is 9.86. The molecule has 196 valence electrons. The maximum Gasteiger partial charge on any atom is 0.251 e. The van der Waals surface area contributed by atoms with Crippen molar-refractivity contribution in [1.82, 2.24) is 34.9 Å². The highest BCUT2D eigenvalue weighted by Crippen LogP contribution is 2.33. The minimum absolute atomic E-state index is 0.118. The van der Waals surface area contributed by atoms with Crippen molar-refractivity contribution in [2.24, 2.45) is 5.73 Å². The summed E-state index contributed by atoms with van der Waals surface area (Å²) in [4.78, 5) is 26.9. The number of benzene rings is 1. The van der Waals surface area contributed by atoms with Gasteiger partial charge in [0.15, 0.2) is 0 Å². The number of nitrogens with two attached hydrogens (primary N) is 1. The van der Waals surface area contributed by atoms with E-state index in [0.717, 1.165) is 60.4 Å². The Morgan fingerprint density at radius 2 is 2.16 bits per heavy atom. The zero-order valence-electron chi connectivity index (χ0n) is 21.4. The van der Waals surface area contributed by atoms with Crippen LogP contribution in [0.3, 0.4) is 0 Å². The molecule has 5 rings (SSSR count). The molecule has 3 aromatic heterocycles. The number of rotatable bonds is 9. The zero-order valence-corrected chi connectivity index (χ0v) is 21.4. The summed E-state index contributed by atoms with van der Waals surface area (Å²) in [6.07, 6.45) is 8.81. The zero-order chi connectivity index (χ0) is 26.9. The van der Waals surface area contributed by atoms with Gasteiger partial charge < -0.3 is 16.0 Å². The number of hydrogen-bond donors (Lipinski definition) is 3. The second-order valence-corrected chi connectivity index (χ2v) is 9.98. The standard InChI is InChI=1S/C27H30FN9O/c1-3-22(6-17(2)35-26(38)19-7-18(10-29)8-21(28)9-19)36-14-27(13-30,15-36)37-12-20(11-34-37)24-23-4-5-31-25(23)33-16-32-24/h4-5,7-9,11-12,16-17,22H,3,6,13-15,30H2,1-2H3,(H,35,38)(H,31,32,33). The highest BCUT2D eigenvalue weighted by molar-refractivity contribution is 5.94. The number of amides is 1. The van der Waals surface area contributed by atoms with E-state index in [2.05, 4.69) is 37.2 Å². The number of aromatic amines is 1. The van der Waals surface area contributed by atoms with E-state index < -0.39 is 11.7 Å². The summed E-state index contributed by atoms with van der Waals surface area (Å²) in [6.45, 7) is 5.98. The number of hydrogen-bond acceptors (Lipinski definition) is 7. The lowest BCUT2D eigenvalue weighted by Gasteiger charge is -2.53. The van der Waals surface area contributed by atoms with Crippen LogP contribution < -0.4 is 11.1 Å². The molecule has 2 unspecified atom stereocenters. The highest BCUT2D eigenvalue weighted by atomic mass is 19.1. The smallest absolute Gasteiger partial charge is 0.251 e. The second kappa shape index (κ2) is 10.3.